The van der Waals surface area contributed by atoms with Crippen molar-refractivity contribution in [2.75, 3.05) is 0 Å². The first-order valence-electron chi connectivity index (χ1n) is 22.0. The van der Waals surface area contributed by atoms with Gasteiger partial charge in [-0.05, 0) is 128 Å². The van der Waals surface area contributed by atoms with Crippen LogP contribution in [0.3, 0.4) is 0 Å². The molecule has 0 aliphatic carbocycles. The van der Waals surface area contributed by atoms with E-state index < -0.39 is 0 Å². The Morgan fingerprint density at radius 2 is 1.08 bits per heavy atom. The zero-order valence-electron chi connectivity index (χ0n) is 35.2. The number of furan rings is 2. The number of aliphatic imine (C=N–C) groups is 1. The zero-order valence-corrected chi connectivity index (χ0v) is 35.2. The Morgan fingerprint density at radius 3 is 1.95 bits per heavy atom. The van der Waals surface area contributed by atoms with Gasteiger partial charge >= 0.3 is 0 Å². The third-order valence-corrected chi connectivity index (χ3v) is 13.1. The third kappa shape index (κ3) is 6.47. The van der Waals surface area contributed by atoms with Crippen LogP contribution in [-0.4, -0.2) is 5.71 Å². The van der Waals surface area contributed by atoms with Crippen molar-refractivity contribution in [2.45, 2.75) is 26.7 Å². The molecule has 1 aliphatic rings. The summed E-state index contributed by atoms with van der Waals surface area (Å²) < 4.78 is 12.9. The molecule has 12 rings (SSSR count). The quantitative estimate of drug-likeness (QED) is 0.168. The topological polar surface area (TPSA) is 38.6 Å². The maximum absolute atomic E-state index is 6.47. The van der Waals surface area contributed by atoms with Gasteiger partial charge in [0.15, 0.2) is 0 Å². The van der Waals surface area contributed by atoms with Crippen molar-refractivity contribution < 1.29 is 8.83 Å². The van der Waals surface area contributed by atoms with Crippen LogP contribution in [0.2, 0.25) is 0 Å². The van der Waals surface area contributed by atoms with Gasteiger partial charge < -0.3 is 8.83 Å². The first-order valence-corrected chi connectivity index (χ1v) is 22.0. The SMILES string of the molecule is CCC1/C=C(c2ccc3cc(-c4cccc5oc6ccc(-c7ccc8ccccc8c7)cc6c45)ccc3c2)\N=C(\c2ccccc2)C/C(C)=C/1c1ccc2c(c1)oc1ccccc12. The Kier molecular flexibility index (Phi) is 8.82. The molecule has 0 amide bonds. The van der Waals surface area contributed by atoms with E-state index in [1.807, 2.05) is 6.07 Å². The molecule has 9 aromatic carbocycles. The maximum atomic E-state index is 6.47. The monoisotopic (exact) mass is 809 g/mol. The molecule has 300 valence electrons. The van der Waals surface area contributed by atoms with Crippen LogP contribution in [0.15, 0.2) is 214 Å². The summed E-state index contributed by atoms with van der Waals surface area (Å²) in [6.45, 7) is 4.56. The van der Waals surface area contributed by atoms with Crippen LogP contribution in [0.5, 0.6) is 0 Å². The molecule has 0 saturated carbocycles. The van der Waals surface area contributed by atoms with Gasteiger partial charge in [-0.1, -0.05) is 152 Å². The molecule has 0 radical (unpaired) electrons. The van der Waals surface area contributed by atoms with E-state index in [4.69, 9.17) is 13.8 Å². The molecular weight excluding hydrogens is 767 g/mol. The molecular formula is C60H43NO2. The molecule has 0 bridgehead atoms. The second-order valence-electron chi connectivity index (χ2n) is 17.0. The summed E-state index contributed by atoms with van der Waals surface area (Å²) in [5.74, 6) is 0.160. The minimum atomic E-state index is 0.160. The molecule has 1 atom stereocenters. The first-order chi connectivity index (χ1) is 31.0. The van der Waals surface area contributed by atoms with E-state index in [1.54, 1.807) is 0 Å². The summed E-state index contributed by atoms with van der Waals surface area (Å²) in [6.07, 6.45) is 4.09. The summed E-state index contributed by atoms with van der Waals surface area (Å²) in [4.78, 5) is 5.52. The van der Waals surface area contributed by atoms with Crippen LogP contribution >= 0.6 is 0 Å². The summed E-state index contributed by atoms with van der Waals surface area (Å²) in [5.41, 5.74) is 16.5. The van der Waals surface area contributed by atoms with Crippen molar-refractivity contribution in [1.82, 2.24) is 0 Å². The van der Waals surface area contributed by atoms with Gasteiger partial charge in [0, 0.05) is 39.4 Å². The van der Waals surface area contributed by atoms with Gasteiger partial charge in [-0.15, -0.1) is 0 Å². The van der Waals surface area contributed by atoms with Crippen LogP contribution in [0.25, 0.3) is 98.9 Å². The molecule has 0 saturated heterocycles. The summed E-state index contributed by atoms with van der Waals surface area (Å²) in [6, 6.07) is 67.6. The lowest BCUT2D eigenvalue weighted by Crippen LogP contribution is -2.11. The van der Waals surface area contributed by atoms with Crippen LogP contribution in [0.4, 0.5) is 0 Å². The lowest BCUT2D eigenvalue weighted by atomic mass is 9.82. The largest absolute Gasteiger partial charge is 0.456 e. The highest BCUT2D eigenvalue weighted by Gasteiger charge is 2.23. The molecule has 3 nitrogen and oxygen atoms in total. The maximum Gasteiger partial charge on any atom is 0.136 e. The number of allylic oxidation sites excluding steroid dienone is 3. The number of rotatable bonds is 6. The summed E-state index contributed by atoms with van der Waals surface area (Å²) in [7, 11) is 0. The molecule has 0 spiro atoms. The first kappa shape index (κ1) is 37.0. The average Bonchev–Trinajstić information content (AvgIpc) is 3.90. The molecule has 63 heavy (non-hydrogen) atoms. The Bertz CT molecular complexity index is 3710. The van der Waals surface area contributed by atoms with E-state index in [-0.39, 0.29) is 5.92 Å². The van der Waals surface area contributed by atoms with Gasteiger partial charge in [-0.3, -0.25) is 4.99 Å². The highest BCUT2D eigenvalue weighted by molar-refractivity contribution is 6.14. The fourth-order valence-corrected chi connectivity index (χ4v) is 9.98. The molecule has 3 heterocycles. The fourth-order valence-electron chi connectivity index (χ4n) is 9.98. The second kappa shape index (κ2) is 15.0. The van der Waals surface area contributed by atoms with Gasteiger partial charge in [-0.25, -0.2) is 0 Å². The number of fused-ring (bicyclic) bond motifs is 8. The van der Waals surface area contributed by atoms with Crippen molar-refractivity contribution >= 4 is 82.4 Å². The van der Waals surface area contributed by atoms with E-state index in [2.05, 4.69) is 202 Å². The molecule has 0 N–H and O–H groups in total. The van der Waals surface area contributed by atoms with Crippen LogP contribution in [0, 0.1) is 5.92 Å². The average molecular weight is 810 g/mol. The Labute approximate surface area is 365 Å². The van der Waals surface area contributed by atoms with Crippen molar-refractivity contribution in [2.24, 2.45) is 10.9 Å². The van der Waals surface area contributed by atoms with E-state index in [1.165, 1.54) is 49.4 Å². The lowest BCUT2D eigenvalue weighted by molar-refractivity contribution is 0.668. The number of para-hydroxylation sites is 1. The number of hydrogen-bond donors (Lipinski definition) is 0. The highest BCUT2D eigenvalue weighted by Crippen LogP contribution is 2.42. The van der Waals surface area contributed by atoms with E-state index in [0.717, 1.165) is 90.4 Å². The molecule has 1 aliphatic heterocycles. The number of benzene rings is 9. The summed E-state index contributed by atoms with van der Waals surface area (Å²) >= 11 is 0. The van der Waals surface area contributed by atoms with Gasteiger partial charge in [-0.2, -0.15) is 0 Å². The van der Waals surface area contributed by atoms with Gasteiger partial charge in [0.1, 0.15) is 22.3 Å². The summed E-state index contributed by atoms with van der Waals surface area (Å²) in [5, 5.41) is 9.39. The van der Waals surface area contributed by atoms with Gasteiger partial charge in [0.05, 0.1) is 11.4 Å². The highest BCUT2D eigenvalue weighted by atomic mass is 16.3. The normalized spacial score (nSPS) is 17.6. The third-order valence-electron chi connectivity index (χ3n) is 13.1. The van der Waals surface area contributed by atoms with Crippen LogP contribution in [-0.2, 0) is 0 Å². The Hall–Kier alpha value is -7.75. The predicted octanol–water partition coefficient (Wildman–Crippen LogP) is 16.9. The zero-order chi connectivity index (χ0) is 42.0. The standard InChI is InChI=1S/C60H43NO2/c1-3-38-35-54(61-53(40-13-5-4-6-14-40)30-37(2)59(38)48-26-28-51-50-16-9-10-18-55(50)63-58(51)36-48)47-25-23-43-32-46(24-22-44(43)33-47)49-17-11-19-57-60(49)52-34-45(27-29-56(52)62-57)42-21-20-39-12-7-8-15-41(39)31-42/h4-29,31-36,38H,3,30H2,1-2H3/b54-35-,59-37-,61-53+. The van der Waals surface area contributed by atoms with Crippen LogP contribution in [0.1, 0.15) is 43.4 Å². The van der Waals surface area contributed by atoms with E-state index >= 15 is 0 Å². The molecule has 1 unspecified atom stereocenters. The van der Waals surface area contributed by atoms with Crippen molar-refractivity contribution in [1.29, 1.82) is 0 Å². The van der Waals surface area contributed by atoms with Crippen molar-refractivity contribution in [3.8, 4) is 22.3 Å². The van der Waals surface area contributed by atoms with Gasteiger partial charge in [0.25, 0.3) is 0 Å². The number of hydrogen-bond acceptors (Lipinski definition) is 3. The predicted molar refractivity (Wildman–Crippen MR) is 265 cm³/mol. The molecule has 2 aromatic heterocycles. The van der Waals surface area contributed by atoms with Gasteiger partial charge in [0.2, 0.25) is 0 Å². The van der Waals surface area contributed by atoms with Crippen molar-refractivity contribution in [3.05, 3.63) is 216 Å². The molecule has 3 heteroatoms. The van der Waals surface area contributed by atoms with Crippen LogP contribution < -0.4 is 0 Å². The molecule has 11 aromatic rings. The van der Waals surface area contributed by atoms with E-state index in [9.17, 15) is 0 Å². The smallest absolute Gasteiger partial charge is 0.136 e. The lowest BCUT2D eigenvalue weighted by Gasteiger charge is -2.24. The second-order valence-corrected chi connectivity index (χ2v) is 17.0. The number of nitrogens with zero attached hydrogens (tertiary/aromatic N) is 1. The minimum Gasteiger partial charge on any atom is -0.456 e. The van der Waals surface area contributed by atoms with Crippen molar-refractivity contribution in [3.63, 3.8) is 0 Å². The minimum absolute atomic E-state index is 0.160. The fraction of sp³-hybridized carbons (Fsp3) is 0.0833. The van der Waals surface area contributed by atoms with E-state index in [0.29, 0.717) is 0 Å². The molecule has 0 fully saturated rings. The Morgan fingerprint density at radius 1 is 0.460 bits per heavy atom. The Balaban J connectivity index is 0.944.